The minimum absolute atomic E-state index is 0.743. The van der Waals surface area contributed by atoms with E-state index in [4.69, 9.17) is 20.9 Å². The van der Waals surface area contributed by atoms with Gasteiger partial charge in [-0.3, -0.25) is 0 Å². The van der Waals surface area contributed by atoms with Crippen LogP contribution < -0.4 is 9.05 Å². The van der Waals surface area contributed by atoms with Gasteiger partial charge in [0.1, 0.15) is 11.5 Å². The van der Waals surface area contributed by atoms with Crippen molar-refractivity contribution in [3.05, 3.63) is 57.6 Å². The lowest BCUT2D eigenvalue weighted by atomic mass is 10.0. The highest BCUT2D eigenvalue weighted by Crippen LogP contribution is 2.54. The van der Waals surface area contributed by atoms with Gasteiger partial charge in [0.05, 0.1) is 0 Å². The maximum atomic E-state index is 5.97. The number of thiol groups is 1. The fourth-order valence-electron chi connectivity index (χ4n) is 2.33. The molecule has 0 atom stereocenters. The Hall–Kier alpha value is -0.960. The summed E-state index contributed by atoms with van der Waals surface area (Å²) in [6.45, 7) is 12.4. The van der Waals surface area contributed by atoms with Gasteiger partial charge in [-0.15, -0.1) is 0 Å². The van der Waals surface area contributed by atoms with Crippen molar-refractivity contribution in [3.8, 4) is 11.5 Å². The molecule has 0 aliphatic carbocycles. The average molecular weight is 366 g/mol. The van der Waals surface area contributed by atoms with Crippen molar-refractivity contribution >= 4 is 29.7 Å². The van der Waals surface area contributed by atoms with Crippen LogP contribution in [-0.4, -0.2) is 0 Å². The molecule has 2 aromatic rings. The van der Waals surface area contributed by atoms with Gasteiger partial charge in [-0.05, 0) is 98.9 Å². The normalized spacial score (nSPS) is 11.4. The van der Waals surface area contributed by atoms with E-state index in [0.29, 0.717) is 0 Å². The van der Waals surface area contributed by atoms with E-state index >= 15 is 0 Å². The molecule has 0 saturated heterocycles. The molecule has 2 aromatic carbocycles. The lowest BCUT2D eigenvalue weighted by Gasteiger charge is -2.22. The van der Waals surface area contributed by atoms with Gasteiger partial charge in [-0.25, -0.2) is 0 Å². The summed E-state index contributed by atoms with van der Waals surface area (Å²) >= 11 is 10.0. The summed E-state index contributed by atoms with van der Waals surface area (Å²) < 4.78 is 11.9. The van der Waals surface area contributed by atoms with Crippen LogP contribution in [-0.2, 0) is 11.8 Å². The summed E-state index contributed by atoms with van der Waals surface area (Å²) in [5.74, 6) is 1.49. The topological polar surface area (TPSA) is 18.5 Å². The van der Waals surface area contributed by atoms with E-state index in [0.717, 1.165) is 22.6 Å². The Kier molecular flexibility index (Phi) is 5.50. The second kappa shape index (κ2) is 6.88. The number of benzene rings is 2. The molecule has 0 aromatic heterocycles. The van der Waals surface area contributed by atoms with Gasteiger partial charge < -0.3 is 9.05 Å². The third-order valence-electron chi connectivity index (χ3n) is 4.44. The summed E-state index contributed by atoms with van der Waals surface area (Å²) in [5, 5.41) is 0. The molecule has 5 heteroatoms. The first-order valence-electron chi connectivity index (χ1n) is 7.48. The van der Waals surface area contributed by atoms with Gasteiger partial charge in [0.15, 0.2) is 0 Å². The molecule has 0 aliphatic rings. The van der Waals surface area contributed by atoms with Crippen LogP contribution in [0.4, 0.5) is 0 Å². The minimum Gasteiger partial charge on any atom is -0.428 e. The molecule has 0 aliphatic heterocycles. The van der Waals surface area contributed by atoms with Crippen LogP contribution in [0.2, 0.25) is 0 Å². The number of aryl methyl sites for hydroxylation is 2. The second-order valence-corrected chi connectivity index (χ2v) is 11.0. The van der Waals surface area contributed by atoms with Crippen LogP contribution in [0.25, 0.3) is 0 Å². The first-order chi connectivity index (χ1) is 10.6. The lowest BCUT2D eigenvalue weighted by molar-refractivity contribution is 0.502. The van der Waals surface area contributed by atoms with Crippen molar-refractivity contribution in [1.29, 1.82) is 0 Å². The SMILES string of the molecule is Cc1ccc(OP(=S)(S)Oc2ccc(C)c(C)c2C)c(C)c1C. The molecule has 0 bridgehead atoms. The second-order valence-electron chi connectivity index (χ2n) is 5.91. The number of rotatable bonds is 4. The summed E-state index contributed by atoms with van der Waals surface area (Å²) in [4.78, 5) is 0. The van der Waals surface area contributed by atoms with Gasteiger partial charge in [-0.1, -0.05) is 24.4 Å². The largest absolute Gasteiger partial charge is 0.428 e. The average Bonchev–Trinajstić information content (AvgIpc) is 2.48. The standard InChI is InChI=1S/C18H23O2PS2/c1-11-7-9-17(15(5)13(11)3)19-21(22,23)20-18-10-8-12(2)14(4)16(18)6/h7-10H,1-6H3,(H,22,23). The highest BCUT2D eigenvalue weighted by molar-refractivity contribution is 8.60. The number of hydrogen-bond acceptors (Lipinski definition) is 3. The molecule has 124 valence electrons. The molecule has 0 unspecified atom stereocenters. The Morgan fingerprint density at radius 2 is 1.04 bits per heavy atom. The van der Waals surface area contributed by atoms with E-state index in [9.17, 15) is 0 Å². The molecule has 0 fully saturated rings. The lowest BCUT2D eigenvalue weighted by Crippen LogP contribution is -2.00. The first kappa shape index (κ1) is 18.4. The molecule has 0 N–H and O–H groups in total. The van der Waals surface area contributed by atoms with Crippen molar-refractivity contribution in [2.45, 2.75) is 41.5 Å². The van der Waals surface area contributed by atoms with Crippen molar-refractivity contribution in [2.24, 2.45) is 0 Å². The Morgan fingerprint density at radius 3 is 1.39 bits per heavy atom. The number of hydrogen-bond donors (Lipinski definition) is 1. The molecule has 0 spiro atoms. The zero-order valence-corrected chi connectivity index (χ0v) is 17.0. The van der Waals surface area contributed by atoms with E-state index in [1.54, 1.807) is 0 Å². The summed E-state index contributed by atoms with van der Waals surface area (Å²) in [6, 6.07) is 7.93. The smallest absolute Gasteiger partial charge is 0.345 e. The molecule has 0 amide bonds. The monoisotopic (exact) mass is 366 g/mol. The van der Waals surface area contributed by atoms with Crippen LogP contribution >= 0.6 is 17.9 Å². The van der Waals surface area contributed by atoms with Gasteiger partial charge in [-0.2, -0.15) is 0 Å². The highest BCUT2D eigenvalue weighted by atomic mass is 32.9. The van der Waals surface area contributed by atoms with E-state index in [2.05, 4.69) is 39.9 Å². The maximum Gasteiger partial charge on any atom is 0.345 e. The van der Waals surface area contributed by atoms with Gasteiger partial charge in [0, 0.05) is 0 Å². The van der Waals surface area contributed by atoms with Crippen LogP contribution in [0.15, 0.2) is 24.3 Å². The highest BCUT2D eigenvalue weighted by Gasteiger charge is 2.20. The zero-order valence-electron chi connectivity index (χ0n) is 14.4. The van der Waals surface area contributed by atoms with Crippen molar-refractivity contribution in [1.82, 2.24) is 0 Å². The van der Waals surface area contributed by atoms with Crippen molar-refractivity contribution in [2.75, 3.05) is 0 Å². The Bertz CT molecular complexity index is 737. The third-order valence-corrected chi connectivity index (χ3v) is 6.24. The first-order valence-corrected chi connectivity index (χ1v) is 11.3. The van der Waals surface area contributed by atoms with E-state index in [1.807, 2.05) is 38.1 Å². The quantitative estimate of drug-likeness (QED) is 0.517. The van der Waals surface area contributed by atoms with E-state index in [-0.39, 0.29) is 0 Å². The molecular weight excluding hydrogens is 343 g/mol. The van der Waals surface area contributed by atoms with Crippen LogP contribution in [0.5, 0.6) is 11.5 Å². The Balaban J connectivity index is 2.29. The van der Waals surface area contributed by atoms with E-state index in [1.165, 1.54) is 22.3 Å². The fourth-order valence-corrected chi connectivity index (χ4v) is 4.27. The summed E-state index contributed by atoms with van der Waals surface area (Å²) in [6.07, 6.45) is 0. The molecule has 23 heavy (non-hydrogen) atoms. The Morgan fingerprint density at radius 1 is 0.696 bits per heavy atom. The van der Waals surface area contributed by atoms with Crippen molar-refractivity contribution < 1.29 is 9.05 Å². The Labute approximate surface area is 149 Å². The predicted octanol–water partition coefficient (Wildman–Crippen LogP) is 6.15. The molecular formula is C18H23O2PS2. The molecule has 2 nitrogen and oxygen atoms in total. The minimum atomic E-state index is -2.73. The summed E-state index contributed by atoms with van der Waals surface area (Å²) in [7, 11) is 0. The van der Waals surface area contributed by atoms with Gasteiger partial charge in [0.25, 0.3) is 0 Å². The molecule has 0 radical (unpaired) electrons. The molecule has 0 saturated carbocycles. The summed E-state index contributed by atoms with van der Waals surface area (Å²) in [5.41, 5.74) is 4.29. The zero-order chi connectivity index (χ0) is 17.4. The fraction of sp³-hybridized carbons (Fsp3) is 0.333. The molecule has 0 heterocycles. The van der Waals surface area contributed by atoms with Gasteiger partial charge in [0.2, 0.25) is 0 Å². The predicted molar refractivity (Wildman–Crippen MR) is 106 cm³/mol. The maximum absolute atomic E-state index is 5.97. The molecule has 2 rings (SSSR count). The van der Waals surface area contributed by atoms with Crippen LogP contribution in [0, 0.1) is 41.5 Å². The van der Waals surface area contributed by atoms with Crippen LogP contribution in [0.3, 0.4) is 0 Å². The van der Waals surface area contributed by atoms with Crippen molar-refractivity contribution in [3.63, 3.8) is 0 Å². The van der Waals surface area contributed by atoms with Crippen LogP contribution in [0.1, 0.15) is 33.4 Å². The third kappa shape index (κ3) is 4.12. The van der Waals surface area contributed by atoms with Gasteiger partial charge >= 0.3 is 5.69 Å². The van der Waals surface area contributed by atoms with E-state index < -0.39 is 5.69 Å².